The molecule has 0 aliphatic carbocycles. The highest BCUT2D eigenvalue weighted by molar-refractivity contribution is 5.76. The zero-order chi connectivity index (χ0) is 14.8. The van der Waals surface area contributed by atoms with Crippen molar-refractivity contribution in [2.24, 2.45) is 0 Å². The van der Waals surface area contributed by atoms with E-state index >= 15 is 0 Å². The molecule has 0 radical (unpaired) electrons. The van der Waals surface area contributed by atoms with Crippen molar-refractivity contribution in [3.05, 3.63) is 29.8 Å². The van der Waals surface area contributed by atoms with Crippen LogP contribution in [-0.2, 0) is 16.0 Å². The number of carboxylic acids is 1. The van der Waals surface area contributed by atoms with Crippen LogP contribution < -0.4 is 11.1 Å². The van der Waals surface area contributed by atoms with Crippen molar-refractivity contribution in [2.45, 2.75) is 38.5 Å². The standard InChI is InChI=1S/C15H22N2O3/c16-13-8-5-12(6-9-13)7-10-14(18)17-11-3-1-2-4-15(19)20/h5-6,8-9H,1-4,7,10-11,16H2,(H,17,18)(H,19,20). The van der Waals surface area contributed by atoms with Gasteiger partial charge in [-0.25, -0.2) is 0 Å². The van der Waals surface area contributed by atoms with Crippen LogP contribution in [0.4, 0.5) is 5.69 Å². The molecule has 20 heavy (non-hydrogen) atoms. The molecule has 4 N–H and O–H groups in total. The number of aryl methyl sites for hydroxylation is 1. The molecule has 0 spiro atoms. The van der Waals surface area contributed by atoms with E-state index < -0.39 is 5.97 Å². The van der Waals surface area contributed by atoms with Crippen molar-refractivity contribution in [1.82, 2.24) is 5.32 Å². The molecule has 110 valence electrons. The van der Waals surface area contributed by atoms with Crippen molar-refractivity contribution in [3.8, 4) is 0 Å². The minimum absolute atomic E-state index is 0.0278. The molecule has 1 rings (SSSR count). The number of nitrogens with one attached hydrogen (secondary N) is 1. The second kappa shape index (κ2) is 8.96. The Labute approximate surface area is 119 Å². The van der Waals surface area contributed by atoms with Gasteiger partial charge in [0.2, 0.25) is 5.91 Å². The molecule has 1 aromatic rings. The van der Waals surface area contributed by atoms with Gasteiger partial charge in [-0.15, -0.1) is 0 Å². The Kier molecular flexibility index (Phi) is 7.17. The third kappa shape index (κ3) is 7.41. The highest BCUT2D eigenvalue weighted by atomic mass is 16.4. The smallest absolute Gasteiger partial charge is 0.303 e. The molecule has 0 atom stereocenters. The molecule has 5 nitrogen and oxygen atoms in total. The number of aliphatic carboxylic acids is 1. The summed E-state index contributed by atoms with van der Waals surface area (Å²) < 4.78 is 0. The molecule has 5 heteroatoms. The maximum Gasteiger partial charge on any atom is 0.303 e. The van der Waals surface area contributed by atoms with Crippen LogP contribution in [-0.4, -0.2) is 23.5 Å². The lowest BCUT2D eigenvalue weighted by atomic mass is 10.1. The summed E-state index contributed by atoms with van der Waals surface area (Å²) in [7, 11) is 0. The van der Waals surface area contributed by atoms with Gasteiger partial charge in [-0.2, -0.15) is 0 Å². The predicted molar refractivity (Wildman–Crippen MR) is 78.3 cm³/mol. The van der Waals surface area contributed by atoms with Gasteiger partial charge in [-0.3, -0.25) is 9.59 Å². The van der Waals surface area contributed by atoms with Crippen LogP contribution in [0.3, 0.4) is 0 Å². The number of hydrogen-bond donors (Lipinski definition) is 3. The predicted octanol–water partition coefficient (Wildman–Crippen LogP) is 1.96. The first-order chi connectivity index (χ1) is 9.58. The monoisotopic (exact) mass is 278 g/mol. The largest absolute Gasteiger partial charge is 0.481 e. The lowest BCUT2D eigenvalue weighted by molar-refractivity contribution is -0.137. The zero-order valence-electron chi connectivity index (χ0n) is 11.6. The van der Waals surface area contributed by atoms with Crippen molar-refractivity contribution < 1.29 is 14.7 Å². The summed E-state index contributed by atoms with van der Waals surface area (Å²) in [6.07, 6.45) is 3.66. The van der Waals surface area contributed by atoms with Gasteiger partial charge in [-0.05, 0) is 37.0 Å². The number of carbonyl (C=O) groups is 2. The van der Waals surface area contributed by atoms with E-state index in [0.29, 0.717) is 25.8 Å². The first-order valence-electron chi connectivity index (χ1n) is 6.91. The molecule has 0 saturated carbocycles. The highest BCUT2D eigenvalue weighted by Crippen LogP contribution is 2.07. The fourth-order valence-corrected chi connectivity index (χ4v) is 1.84. The van der Waals surface area contributed by atoms with Gasteiger partial charge in [-0.1, -0.05) is 18.6 Å². The van der Waals surface area contributed by atoms with E-state index in [1.165, 1.54) is 0 Å². The number of rotatable bonds is 9. The van der Waals surface area contributed by atoms with E-state index in [1.807, 2.05) is 24.3 Å². The van der Waals surface area contributed by atoms with Crippen molar-refractivity contribution >= 4 is 17.6 Å². The molecule has 0 unspecified atom stereocenters. The van der Waals surface area contributed by atoms with E-state index in [-0.39, 0.29) is 12.3 Å². The molecule has 0 aliphatic rings. The molecule has 0 bridgehead atoms. The Bertz CT molecular complexity index is 429. The lowest BCUT2D eigenvalue weighted by Crippen LogP contribution is -2.24. The number of nitrogens with two attached hydrogens (primary N) is 1. The zero-order valence-corrected chi connectivity index (χ0v) is 11.6. The van der Waals surface area contributed by atoms with Gasteiger partial charge in [0.15, 0.2) is 0 Å². The third-order valence-corrected chi connectivity index (χ3v) is 3.01. The Morgan fingerprint density at radius 2 is 1.75 bits per heavy atom. The second-order valence-corrected chi connectivity index (χ2v) is 4.80. The summed E-state index contributed by atoms with van der Waals surface area (Å²) in [5.74, 6) is -0.738. The van der Waals surface area contributed by atoms with Gasteiger partial charge >= 0.3 is 5.97 Å². The van der Waals surface area contributed by atoms with Crippen molar-refractivity contribution in [2.75, 3.05) is 12.3 Å². The summed E-state index contributed by atoms with van der Waals surface area (Å²) >= 11 is 0. The Morgan fingerprint density at radius 3 is 2.40 bits per heavy atom. The van der Waals surface area contributed by atoms with Crippen LogP contribution in [0.2, 0.25) is 0 Å². The number of carbonyl (C=O) groups excluding carboxylic acids is 1. The quantitative estimate of drug-likeness (QED) is 0.475. The van der Waals surface area contributed by atoms with Crippen molar-refractivity contribution in [1.29, 1.82) is 0 Å². The average Bonchev–Trinajstić information content (AvgIpc) is 2.41. The summed E-state index contributed by atoms with van der Waals surface area (Å²) in [6.45, 7) is 0.611. The number of anilines is 1. The minimum atomic E-state index is -0.766. The van der Waals surface area contributed by atoms with Gasteiger partial charge in [0, 0.05) is 25.1 Å². The fraction of sp³-hybridized carbons (Fsp3) is 0.467. The maximum atomic E-state index is 11.6. The van der Waals surface area contributed by atoms with Gasteiger partial charge in [0.1, 0.15) is 0 Å². The number of unbranched alkanes of at least 4 members (excludes halogenated alkanes) is 2. The van der Waals surface area contributed by atoms with Crippen LogP contribution >= 0.6 is 0 Å². The van der Waals surface area contributed by atoms with E-state index in [4.69, 9.17) is 10.8 Å². The Morgan fingerprint density at radius 1 is 1.05 bits per heavy atom. The summed E-state index contributed by atoms with van der Waals surface area (Å²) in [5.41, 5.74) is 7.41. The lowest BCUT2D eigenvalue weighted by Gasteiger charge is -2.05. The number of amides is 1. The number of hydrogen-bond acceptors (Lipinski definition) is 3. The highest BCUT2D eigenvalue weighted by Gasteiger charge is 2.02. The number of benzene rings is 1. The van der Waals surface area contributed by atoms with Crippen LogP contribution in [0.5, 0.6) is 0 Å². The first kappa shape index (κ1) is 16.0. The molecule has 0 fully saturated rings. The molecule has 1 aromatic carbocycles. The fourth-order valence-electron chi connectivity index (χ4n) is 1.84. The number of nitrogen functional groups attached to an aromatic ring is 1. The second-order valence-electron chi connectivity index (χ2n) is 4.80. The maximum absolute atomic E-state index is 11.6. The topological polar surface area (TPSA) is 92.4 Å². The first-order valence-corrected chi connectivity index (χ1v) is 6.91. The van der Waals surface area contributed by atoms with Crippen LogP contribution in [0, 0.1) is 0 Å². The molecule has 0 aliphatic heterocycles. The Hall–Kier alpha value is -2.04. The van der Waals surface area contributed by atoms with E-state index in [0.717, 1.165) is 24.1 Å². The van der Waals surface area contributed by atoms with Crippen LogP contribution in [0.25, 0.3) is 0 Å². The summed E-state index contributed by atoms with van der Waals surface area (Å²) in [5, 5.41) is 11.3. The van der Waals surface area contributed by atoms with Crippen LogP contribution in [0.15, 0.2) is 24.3 Å². The third-order valence-electron chi connectivity index (χ3n) is 3.01. The Balaban J connectivity index is 2.06. The summed E-state index contributed by atoms with van der Waals surface area (Å²) in [4.78, 5) is 21.9. The normalized spacial score (nSPS) is 10.2. The molecule has 0 saturated heterocycles. The average molecular weight is 278 g/mol. The summed E-state index contributed by atoms with van der Waals surface area (Å²) in [6, 6.07) is 7.51. The molecular formula is C15H22N2O3. The van der Waals surface area contributed by atoms with Crippen LogP contribution in [0.1, 0.15) is 37.7 Å². The van der Waals surface area contributed by atoms with E-state index in [9.17, 15) is 9.59 Å². The minimum Gasteiger partial charge on any atom is -0.481 e. The van der Waals surface area contributed by atoms with E-state index in [2.05, 4.69) is 5.32 Å². The number of carboxylic acid groups (broad SMARTS) is 1. The molecular weight excluding hydrogens is 256 g/mol. The molecule has 1 amide bonds. The molecule has 0 heterocycles. The van der Waals surface area contributed by atoms with Crippen molar-refractivity contribution in [3.63, 3.8) is 0 Å². The molecule has 0 aromatic heterocycles. The van der Waals surface area contributed by atoms with Gasteiger partial charge < -0.3 is 16.2 Å². The van der Waals surface area contributed by atoms with Gasteiger partial charge in [0.25, 0.3) is 0 Å². The van der Waals surface area contributed by atoms with E-state index in [1.54, 1.807) is 0 Å². The SMILES string of the molecule is Nc1ccc(CCC(=O)NCCCCCC(=O)O)cc1. The van der Waals surface area contributed by atoms with Gasteiger partial charge in [0.05, 0.1) is 0 Å².